The first kappa shape index (κ1) is 12.0. The third-order valence-corrected chi connectivity index (χ3v) is 2.27. The van der Waals surface area contributed by atoms with Crippen LogP contribution in [0.3, 0.4) is 0 Å². The molecule has 0 aliphatic carbocycles. The summed E-state index contributed by atoms with van der Waals surface area (Å²) in [5, 5.41) is 0. The first-order valence-electron chi connectivity index (χ1n) is 3.98. The summed E-state index contributed by atoms with van der Waals surface area (Å²) >= 11 is 16.9. The molecule has 0 radical (unpaired) electrons. The summed E-state index contributed by atoms with van der Waals surface area (Å²) in [7, 11) is 0. The maximum absolute atomic E-state index is 5.69. The average Bonchev–Trinajstić information content (AvgIpc) is 2.01. The van der Waals surface area contributed by atoms with E-state index in [0.717, 1.165) is 11.3 Å². The fourth-order valence-electron chi connectivity index (χ4n) is 1.06. The van der Waals surface area contributed by atoms with Crippen LogP contribution < -0.4 is 5.73 Å². The Balaban J connectivity index is 3.13. The van der Waals surface area contributed by atoms with Gasteiger partial charge in [-0.3, -0.25) is 0 Å². The predicted molar refractivity (Wildman–Crippen MR) is 58.6 cm³/mol. The largest absolute Gasteiger partial charge is 0.324 e. The van der Waals surface area contributed by atoms with Crippen molar-refractivity contribution in [1.29, 1.82) is 0 Å². The van der Waals surface area contributed by atoms with Crippen molar-refractivity contribution in [3.63, 3.8) is 0 Å². The Morgan fingerprint density at radius 2 is 2.00 bits per heavy atom. The highest BCUT2D eigenvalue weighted by Crippen LogP contribution is 2.35. The molecule has 14 heavy (non-hydrogen) atoms. The molecule has 0 bridgehead atoms. The van der Waals surface area contributed by atoms with E-state index >= 15 is 0 Å². The van der Waals surface area contributed by atoms with Crippen molar-refractivity contribution in [2.75, 3.05) is 0 Å². The monoisotopic (exact) mass is 253 g/mol. The van der Waals surface area contributed by atoms with Crippen LogP contribution in [0.2, 0.25) is 0 Å². The van der Waals surface area contributed by atoms with E-state index in [2.05, 4.69) is 9.97 Å². The van der Waals surface area contributed by atoms with Gasteiger partial charge in [0.05, 0.1) is 0 Å². The van der Waals surface area contributed by atoms with Crippen LogP contribution in [-0.2, 0) is 3.79 Å². The summed E-state index contributed by atoms with van der Waals surface area (Å²) in [6.07, 6.45) is 1.59. The van der Waals surface area contributed by atoms with E-state index in [4.69, 9.17) is 40.5 Å². The molecular formula is C8H10Cl3N3. The number of hydrogen-bond acceptors (Lipinski definition) is 3. The number of nitrogens with zero attached hydrogens (tertiary/aromatic N) is 2. The van der Waals surface area contributed by atoms with Crippen LogP contribution in [0.25, 0.3) is 0 Å². The van der Waals surface area contributed by atoms with Crippen LogP contribution in [0.1, 0.15) is 30.0 Å². The topological polar surface area (TPSA) is 51.8 Å². The molecule has 1 heterocycles. The molecule has 1 aromatic rings. The Labute approximate surface area is 97.6 Å². The van der Waals surface area contributed by atoms with Crippen molar-refractivity contribution < 1.29 is 0 Å². The summed E-state index contributed by atoms with van der Waals surface area (Å²) in [5.74, 6) is 0.171. The summed E-state index contributed by atoms with van der Waals surface area (Å²) in [6, 6.07) is -0.126. The fraction of sp³-hybridized carbons (Fsp3) is 0.500. The molecule has 1 atom stereocenters. The summed E-state index contributed by atoms with van der Waals surface area (Å²) in [5.41, 5.74) is 7.28. The fourth-order valence-corrected chi connectivity index (χ4v) is 1.33. The zero-order valence-corrected chi connectivity index (χ0v) is 10.0. The van der Waals surface area contributed by atoms with Gasteiger partial charge in [0.2, 0.25) is 3.79 Å². The maximum atomic E-state index is 5.69. The molecule has 0 aromatic carbocycles. The first-order chi connectivity index (χ1) is 6.32. The van der Waals surface area contributed by atoms with Crippen LogP contribution in [0, 0.1) is 6.92 Å². The lowest BCUT2D eigenvalue weighted by Gasteiger charge is -2.13. The first-order valence-corrected chi connectivity index (χ1v) is 5.12. The van der Waals surface area contributed by atoms with Gasteiger partial charge in [0.15, 0.2) is 5.82 Å². The van der Waals surface area contributed by atoms with Crippen LogP contribution in [0.4, 0.5) is 0 Å². The second kappa shape index (κ2) is 4.19. The zero-order valence-electron chi connectivity index (χ0n) is 7.76. The van der Waals surface area contributed by atoms with Crippen molar-refractivity contribution in [2.24, 2.45) is 5.73 Å². The third-order valence-electron chi connectivity index (χ3n) is 1.76. The molecule has 0 spiro atoms. The Bertz CT molecular complexity index is 333. The summed E-state index contributed by atoms with van der Waals surface area (Å²) < 4.78 is -1.58. The highest BCUT2D eigenvalue weighted by Gasteiger charge is 2.27. The van der Waals surface area contributed by atoms with E-state index in [1.54, 1.807) is 13.1 Å². The van der Waals surface area contributed by atoms with Crippen LogP contribution >= 0.6 is 34.8 Å². The number of rotatable bonds is 1. The van der Waals surface area contributed by atoms with Crippen molar-refractivity contribution in [1.82, 2.24) is 9.97 Å². The molecule has 0 saturated heterocycles. The van der Waals surface area contributed by atoms with Crippen molar-refractivity contribution in [3.05, 3.63) is 23.3 Å². The SMILES string of the molecule is Cc1nc(C(Cl)(Cl)Cl)ncc1C(C)N. The number of halogens is 3. The van der Waals surface area contributed by atoms with Crippen LogP contribution in [0.15, 0.2) is 6.20 Å². The van der Waals surface area contributed by atoms with Gasteiger partial charge < -0.3 is 5.73 Å². The molecule has 1 rings (SSSR count). The molecule has 0 amide bonds. The molecule has 0 aliphatic heterocycles. The molecular weight excluding hydrogens is 244 g/mol. The Hall–Kier alpha value is -0.0900. The molecule has 2 N–H and O–H groups in total. The third kappa shape index (κ3) is 2.70. The second-order valence-electron chi connectivity index (χ2n) is 3.02. The molecule has 0 aliphatic rings. The van der Waals surface area contributed by atoms with Gasteiger partial charge in [0, 0.05) is 23.5 Å². The lowest BCUT2D eigenvalue weighted by molar-refractivity contribution is 0.776. The number of nitrogens with two attached hydrogens (primary N) is 1. The smallest absolute Gasteiger partial charge is 0.250 e. The van der Waals surface area contributed by atoms with Crippen molar-refractivity contribution >= 4 is 34.8 Å². The molecule has 1 aromatic heterocycles. The normalized spacial score (nSPS) is 14.1. The van der Waals surface area contributed by atoms with Gasteiger partial charge in [-0.2, -0.15) is 0 Å². The number of aryl methyl sites for hydroxylation is 1. The Kier molecular flexibility index (Phi) is 3.58. The quantitative estimate of drug-likeness (QED) is 0.784. The zero-order chi connectivity index (χ0) is 10.9. The summed E-state index contributed by atoms with van der Waals surface area (Å²) in [4.78, 5) is 8.02. The van der Waals surface area contributed by atoms with E-state index in [1.165, 1.54) is 0 Å². The Morgan fingerprint density at radius 1 is 1.43 bits per heavy atom. The van der Waals surface area contributed by atoms with Gasteiger partial charge in [0.25, 0.3) is 0 Å². The minimum absolute atomic E-state index is 0.126. The molecule has 3 nitrogen and oxygen atoms in total. The van der Waals surface area contributed by atoms with Gasteiger partial charge in [0.1, 0.15) is 0 Å². The van der Waals surface area contributed by atoms with Crippen LogP contribution in [-0.4, -0.2) is 9.97 Å². The van der Waals surface area contributed by atoms with Gasteiger partial charge in [-0.05, 0) is 13.8 Å². The second-order valence-corrected chi connectivity index (χ2v) is 5.30. The van der Waals surface area contributed by atoms with E-state index < -0.39 is 3.79 Å². The lowest BCUT2D eigenvalue weighted by atomic mass is 10.1. The average molecular weight is 255 g/mol. The lowest BCUT2D eigenvalue weighted by Crippen LogP contribution is -2.13. The van der Waals surface area contributed by atoms with Gasteiger partial charge in [-0.15, -0.1) is 0 Å². The van der Waals surface area contributed by atoms with Gasteiger partial charge >= 0.3 is 0 Å². The minimum atomic E-state index is -1.58. The highest BCUT2D eigenvalue weighted by atomic mass is 35.6. The highest BCUT2D eigenvalue weighted by molar-refractivity contribution is 6.66. The standard InChI is InChI=1S/C8H10Cl3N3/c1-4(12)6-3-13-7(8(9,10)11)14-5(6)2/h3-4H,12H2,1-2H3. The van der Waals surface area contributed by atoms with E-state index in [-0.39, 0.29) is 11.9 Å². The van der Waals surface area contributed by atoms with Crippen molar-refractivity contribution in [2.45, 2.75) is 23.7 Å². The van der Waals surface area contributed by atoms with Gasteiger partial charge in [-0.25, -0.2) is 9.97 Å². The van der Waals surface area contributed by atoms with Crippen molar-refractivity contribution in [3.8, 4) is 0 Å². The molecule has 0 saturated carbocycles. The van der Waals surface area contributed by atoms with E-state index in [9.17, 15) is 0 Å². The predicted octanol–water partition coefficient (Wildman–Crippen LogP) is 2.63. The number of hydrogen-bond donors (Lipinski definition) is 1. The molecule has 78 valence electrons. The Morgan fingerprint density at radius 3 is 2.36 bits per heavy atom. The van der Waals surface area contributed by atoms with E-state index in [0.29, 0.717) is 0 Å². The number of alkyl halides is 3. The van der Waals surface area contributed by atoms with Crippen LogP contribution in [0.5, 0.6) is 0 Å². The summed E-state index contributed by atoms with van der Waals surface area (Å²) in [6.45, 7) is 3.65. The minimum Gasteiger partial charge on any atom is -0.324 e. The van der Waals surface area contributed by atoms with E-state index in [1.807, 2.05) is 6.92 Å². The molecule has 0 fully saturated rings. The molecule has 1 unspecified atom stereocenters. The number of aromatic nitrogens is 2. The maximum Gasteiger partial charge on any atom is 0.250 e. The molecule has 6 heteroatoms. The van der Waals surface area contributed by atoms with Gasteiger partial charge in [-0.1, -0.05) is 34.8 Å².